The Kier molecular flexibility index (Phi) is 11.6. The van der Waals surface area contributed by atoms with Crippen LogP contribution >= 0.6 is 11.3 Å². The van der Waals surface area contributed by atoms with Crippen LogP contribution in [0.15, 0.2) is 39.9 Å². The van der Waals surface area contributed by atoms with Crippen LogP contribution in [0.1, 0.15) is 50.4 Å². The van der Waals surface area contributed by atoms with Crippen molar-refractivity contribution in [2.75, 3.05) is 44.3 Å². The van der Waals surface area contributed by atoms with Crippen LogP contribution in [-0.2, 0) is 24.8 Å². The number of hydrogen-bond donors (Lipinski definition) is 2. The van der Waals surface area contributed by atoms with E-state index in [9.17, 15) is 26.7 Å². The van der Waals surface area contributed by atoms with Crippen LogP contribution in [0.5, 0.6) is 5.75 Å². The number of benzene rings is 1. The maximum absolute atomic E-state index is 14.0. The van der Waals surface area contributed by atoms with Crippen LogP contribution in [0.4, 0.5) is 5.69 Å². The lowest BCUT2D eigenvalue weighted by Crippen LogP contribution is -2.48. The number of sulfonamides is 2. The van der Waals surface area contributed by atoms with Gasteiger partial charge < -0.3 is 19.5 Å². The number of carbonyl (C=O) groups is 1. The highest BCUT2D eigenvalue weighted by Gasteiger charge is 2.32. The minimum Gasteiger partial charge on any atom is -0.490 e. The summed E-state index contributed by atoms with van der Waals surface area (Å²) in [7, 11) is -5.79. The number of ether oxygens (including phenoxy) is 2. The highest BCUT2D eigenvalue weighted by Crippen LogP contribution is 2.29. The maximum atomic E-state index is 14.0. The molecule has 41 heavy (non-hydrogen) atoms. The molecule has 4 atom stereocenters. The lowest BCUT2D eigenvalue weighted by atomic mass is 10.0. The molecule has 230 valence electrons. The zero-order valence-electron chi connectivity index (χ0n) is 24.1. The summed E-state index contributed by atoms with van der Waals surface area (Å²) in [6, 6.07) is 7.21. The molecule has 2 N–H and O–H groups in total. The van der Waals surface area contributed by atoms with E-state index in [4.69, 9.17) is 9.47 Å². The molecule has 0 unspecified atom stereocenters. The summed E-state index contributed by atoms with van der Waals surface area (Å²) in [5, 5.41) is 11.8. The van der Waals surface area contributed by atoms with E-state index in [2.05, 4.69) is 4.72 Å². The van der Waals surface area contributed by atoms with Crippen molar-refractivity contribution in [2.45, 2.75) is 62.5 Å². The van der Waals surface area contributed by atoms with Gasteiger partial charge in [0.05, 0.1) is 36.7 Å². The molecule has 1 aliphatic rings. The molecule has 14 heteroatoms. The lowest BCUT2D eigenvalue weighted by Gasteiger charge is -2.35. The molecule has 0 saturated carbocycles. The zero-order valence-corrected chi connectivity index (χ0v) is 26.6. The molecule has 11 nitrogen and oxygen atoms in total. The van der Waals surface area contributed by atoms with Gasteiger partial charge in [-0.2, -0.15) is 4.31 Å². The molecule has 1 aromatic carbocycles. The van der Waals surface area contributed by atoms with Crippen LogP contribution < -0.4 is 9.46 Å². The second-order valence-electron chi connectivity index (χ2n) is 10.6. The second kappa shape index (κ2) is 14.3. The largest absolute Gasteiger partial charge is 0.490 e. The standard InChI is InChI=1S/C27H41N3O8S3/c1-19-16-30(20(2)18-31)27(32)23-15-22(28-40(5,33)34)11-12-24(23)38-21(3)9-6-7-13-37-25(19)17-29(4)41(35,36)26-10-8-14-39-26/h8,10-12,14-15,19-21,25,28,31H,6-7,9,13,16-18H2,1-5H3/t19-,20-,21+,25+/m1/s1. The lowest BCUT2D eigenvalue weighted by molar-refractivity contribution is -0.00832. The van der Waals surface area contributed by atoms with Crippen molar-refractivity contribution in [1.29, 1.82) is 0 Å². The highest BCUT2D eigenvalue weighted by molar-refractivity contribution is 7.92. The third-order valence-electron chi connectivity index (χ3n) is 6.95. The van der Waals surface area contributed by atoms with Gasteiger partial charge in [0.25, 0.3) is 15.9 Å². The minimum absolute atomic E-state index is 0.0788. The first kappa shape index (κ1) is 33.3. The first-order valence-electron chi connectivity index (χ1n) is 13.5. The van der Waals surface area contributed by atoms with E-state index < -0.39 is 38.1 Å². The molecule has 0 spiro atoms. The first-order valence-corrected chi connectivity index (χ1v) is 17.8. The number of hydrogen-bond acceptors (Lipinski definition) is 9. The number of aliphatic hydroxyl groups excluding tert-OH is 1. The Balaban J connectivity index is 1.98. The van der Waals surface area contributed by atoms with Gasteiger partial charge in [-0.15, -0.1) is 11.3 Å². The molecule has 3 rings (SSSR count). The van der Waals surface area contributed by atoms with Crippen molar-refractivity contribution in [2.24, 2.45) is 5.92 Å². The van der Waals surface area contributed by atoms with E-state index in [-0.39, 0.29) is 47.2 Å². The normalized spacial score (nSPS) is 22.5. The van der Waals surface area contributed by atoms with Crippen molar-refractivity contribution in [3.05, 3.63) is 41.3 Å². The predicted molar refractivity (Wildman–Crippen MR) is 159 cm³/mol. The van der Waals surface area contributed by atoms with Gasteiger partial charge in [0.15, 0.2) is 0 Å². The molecule has 0 aliphatic carbocycles. The average molecular weight is 632 g/mol. The number of amides is 1. The Labute approximate surface area is 247 Å². The summed E-state index contributed by atoms with van der Waals surface area (Å²) in [6.07, 6.45) is 2.46. The third-order valence-corrected chi connectivity index (χ3v) is 10.8. The first-order chi connectivity index (χ1) is 19.2. The van der Waals surface area contributed by atoms with Crippen LogP contribution in [-0.4, -0.2) is 94.9 Å². The van der Waals surface area contributed by atoms with Crippen molar-refractivity contribution < 1.29 is 36.2 Å². The van der Waals surface area contributed by atoms with Gasteiger partial charge in [0, 0.05) is 38.3 Å². The summed E-state index contributed by atoms with van der Waals surface area (Å²) >= 11 is 1.14. The number of fused-ring (bicyclic) bond motifs is 1. The van der Waals surface area contributed by atoms with Crippen LogP contribution in [0.25, 0.3) is 0 Å². The molecule has 2 aromatic rings. The topological polar surface area (TPSA) is 143 Å². The number of thiophene rings is 1. The van der Waals surface area contributed by atoms with E-state index in [1.54, 1.807) is 36.6 Å². The molecular formula is C27H41N3O8S3. The fourth-order valence-corrected chi connectivity index (χ4v) is 7.52. The van der Waals surface area contributed by atoms with Crippen LogP contribution in [0, 0.1) is 5.92 Å². The Hall–Kier alpha value is -2.23. The van der Waals surface area contributed by atoms with E-state index in [1.807, 2.05) is 13.8 Å². The Morgan fingerprint density at radius 3 is 2.56 bits per heavy atom. The summed E-state index contributed by atoms with van der Waals surface area (Å²) < 4.78 is 66.3. The number of rotatable bonds is 8. The number of carbonyl (C=O) groups excluding carboxylic acids is 1. The van der Waals surface area contributed by atoms with E-state index in [0.717, 1.165) is 30.4 Å². The number of aliphatic hydroxyl groups is 1. The molecule has 0 radical (unpaired) electrons. The molecule has 1 aliphatic heterocycles. The van der Waals surface area contributed by atoms with Gasteiger partial charge in [0.1, 0.15) is 9.96 Å². The number of nitrogens with zero attached hydrogens (tertiary/aromatic N) is 2. The van der Waals surface area contributed by atoms with Crippen LogP contribution in [0.2, 0.25) is 0 Å². The second-order valence-corrected chi connectivity index (χ2v) is 15.6. The summed E-state index contributed by atoms with van der Waals surface area (Å²) in [6.45, 7) is 5.81. The molecule has 2 heterocycles. The Morgan fingerprint density at radius 1 is 1.20 bits per heavy atom. The SMILES string of the molecule is C[C@@H]1CN([C@H](C)CO)C(=O)c2cc(NS(C)(=O)=O)ccc2O[C@@H](C)CCCCO[C@H]1CN(C)S(=O)(=O)c1cccs1. The van der Waals surface area contributed by atoms with Crippen molar-refractivity contribution >= 4 is 43.0 Å². The molecule has 0 bridgehead atoms. The maximum Gasteiger partial charge on any atom is 0.258 e. The van der Waals surface area contributed by atoms with Gasteiger partial charge >= 0.3 is 0 Å². The summed E-state index contributed by atoms with van der Waals surface area (Å²) in [5.74, 6) is -0.457. The monoisotopic (exact) mass is 631 g/mol. The van der Waals surface area contributed by atoms with Crippen molar-refractivity contribution in [3.8, 4) is 5.75 Å². The van der Waals surface area contributed by atoms with Crippen molar-refractivity contribution in [1.82, 2.24) is 9.21 Å². The summed E-state index contributed by atoms with van der Waals surface area (Å²) in [4.78, 5) is 15.5. The van der Waals surface area contributed by atoms with E-state index in [1.165, 1.54) is 22.3 Å². The number of nitrogens with one attached hydrogen (secondary N) is 1. The summed E-state index contributed by atoms with van der Waals surface area (Å²) in [5.41, 5.74) is 0.369. The Morgan fingerprint density at radius 2 is 1.93 bits per heavy atom. The van der Waals surface area contributed by atoms with Gasteiger partial charge in [-0.1, -0.05) is 13.0 Å². The van der Waals surface area contributed by atoms with Gasteiger partial charge in [-0.3, -0.25) is 9.52 Å². The molecule has 0 saturated heterocycles. The minimum atomic E-state index is -3.71. The predicted octanol–water partition coefficient (Wildman–Crippen LogP) is 3.24. The van der Waals surface area contributed by atoms with Gasteiger partial charge in [-0.05, 0) is 62.8 Å². The Bertz CT molecular complexity index is 1370. The van der Waals surface area contributed by atoms with E-state index in [0.29, 0.717) is 18.8 Å². The molecule has 1 amide bonds. The number of anilines is 1. The zero-order chi connectivity index (χ0) is 30.4. The van der Waals surface area contributed by atoms with Crippen LogP contribution in [0.3, 0.4) is 0 Å². The fraction of sp³-hybridized carbons (Fsp3) is 0.593. The average Bonchev–Trinajstić information content (AvgIpc) is 3.45. The third kappa shape index (κ3) is 9.13. The smallest absolute Gasteiger partial charge is 0.258 e. The van der Waals surface area contributed by atoms with Gasteiger partial charge in [-0.25, -0.2) is 16.8 Å². The quantitative estimate of drug-likeness (QED) is 0.452. The number of likely N-dealkylation sites (N-methyl/N-ethyl adjacent to an activating group) is 1. The molecular weight excluding hydrogens is 591 g/mol. The molecule has 1 aromatic heterocycles. The highest BCUT2D eigenvalue weighted by atomic mass is 32.2. The molecule has 0 fully saturated rings. The van der Waals surface area contributed by atoms with Crippen molar-refractivity contribution in [3.63, 3.8) is 0 Å². The fourth-order valence-electron chi connectivity index (χ4n) is 4.58. The van der Waals surface area contributed by atoms with Gasteiger partial charge in [0.2, 0.25) is 10.0 Å². The van der Waals surface area contributed by atoms with E-state index >= 15 is 0 Å².